The molecule has 0 aliphatic carbocycles. The second-order valence-electron chi connectivity index (χ2n) is 13.6. The maximum Gasteiger partial charge on any atom is 0.430 e. The van der Waals surface area contributed by atoms with Crippen LogP contribution >= 0.6 is 10.3 Å². The first kappa shape index (κ1) is 41.5. The number of halogens is 7. The largest absolute Gasteiger partial charge is 0.464 e. The number of rotatable bonds is 10. The Balaban J connectivity index is 2.14. The zero-order valence-corrected chi connectivity index (χ0v) is 30.0. The number of pyridine rings is 1. The van der Waals surface area contributed by atoms with Gasteiger partial charge in [0.15, 0.2) is 11.4 Å². The van der Waals surface area contributed by atoms with Crippen LogP contribution < -0.4 is 5.32 Å². The van der Waals surface area contributed by atoms with Gasteiger partial charge in [-0.15, -0.1) is 20.5 Å². The van der Waals surface area contributed by atoms with Crippen LogP contribution in [0.3, 0.4) is 0 Å². The van der Waals surface area contributed by atoms with Crippen LogP contribution in [0.15, 0.2) is 28.7 Å². The van der Waals surface area contributed by atoms with Gasteiger partial charge in [0.05, 0.1) is 25.0 Å². The molecule has 19 heteroatoms. The minimum atomic E-state index is -5.71. The third-order valence-electron chi connectivity index (χ3n) is 7.57. The van der Waals surface area contributed by atoms with E-state index in [2.05, 4.69) is 19.9 Å². The molecule has 1 unspecified atom stereocenters. The Morgan fingerprint density at radius 2 is 1.59 bits per heavy atom. The molecule has 0 spiro atoms. The van der Waals surface area contributed by atoms with Crippen LogP contribution in [0.25, 0.3) is 11.6 Å². The summed E-state index contributed by atoms with van der Waals surface area (Å²) in [6.07, 6.45) is -7.89. The van der Waals surface area contributed by atoms with E-state index in [0.717, 1.165) is 13.2 Å². The van der Waals surface area contributed by atoms with Crippen molar-refractivity contribution in [3.63, 3.8) is 0 Å². The summed E-state index contributed by atoms with van der Waals surface area (Å²) in [4.78, 5) is 28.4. The van der Waals surface area contributed by atoms with E-state index in [1.54, 1.807) is 0 Å². The monoisotopic (exact) mass is 756 g/mol. The zero-order chi connectivity index (χ0) is 39.0. The molecule has 1 aromatic carbocycles. The van der Waals surface area contributed by atoms with Crippen molar-refractivity contribution in [1.82, 2.24) is 15.2 Å². The quantitative estimate of drug-likeness (QED) is 0.119. The first-order valence-corrected chi connectivity index (χ1v) is 17.5. The molecule has 1 amide bonds. The summed E-state index contributed by atoms with van der Waals surface area (Å²) < 4.78 is 122. The lowest BCUT2D eigenvalue weighted by molar-refractivity contribution is -0.256. The van der Waals surface area contributed by atoms with Crippen molar-refractivity contribution in [3.05, 3.63) is 58.4 Å². The molecule has 2 aromatic heterocycles. The molecule has 284 valence electrons. The van der Waals surface area contributed by atoms with E-state index < -0.39 is 91.7 Å². The number of methoxy groups -OCH3 is 1. The molecular formula is C32H39F7N4O7S. The van der Waals surface area contributed by atoms with Crippen LogP contribution in [0.4, 0.5) is 41.2 Å². The van der Waals surface area contributed by atoms with E-state index in [4.69, 9.17) is 13.3 Å². The van der Waals surface area contributed by atoms with Gasteiger partial charge in [-0.3, -0.25) is 5.32 Å². The smallest absolute Gasteiger partial charge is 0.430 e. The average molecular weight is 757 g/mol. The minimum absolute atomic E-state index is 0.126. The summed E-state index contributed by atoms with van der Waals surface area (Å²) in [6.45, 7) is 10.6. The molecule has 0 saturated carbocycles. The Morgan fingerprint density at radius 1 is 0.961 bits per heavy atom. The molecule has 11 nitrogen and oxygen atoms in total. The van der Waals surface area contributed by atoms with E-state index >= 15 is 4.39 Å². The van der Waals surface area contributed by atoms with Crippen LogP contribution in [0.5, 0.6) is 0 Å². The molecule has 2 heterocycles. The van der Waals surface area contributed by atoms with Crippen molar-refractivity contribution in [2.75, 3.05) is 31.5 Å². The number of benzene rings is 1. The molecule has 2 N–H and O–H groups in total. The van der Waals surface area contributed by atoms with Gasteiger partial charge in [-0.2, -0.15) is 26.3 Å². The molecule has 0 aliphatic rings. The van der Waals surface area contributed by atoms with E-state index in [0.29, 0.717) is 12.5 Å². The van der Waals surface area contributed by atoms with Gasteiger partial charge in [0.25, 0.3) is 17.4 Å². The summed E-state index contributed by atoms with van der Waals surface area (Å²) >= 11 is 0. The van der Waals surface area contributed by atoms with Gasteiger partial charge in [-0.25, -0.2) is 19.0 Å². The molecular weight excluding hydrogens is 717 g/mol. The third kappa shape index (κ3) is 9.48. The lowest BCUT2D eigenvalue weighted by atomic mass is 9.90. The lowest BCUT2D eigenvalue weighted by Gasteiger charge is -2.43. The maximum atomic E-state index is 15.2. The van der Waals surface area contributed by atoms with Crippen LogP contribution in [-0.4, -0.2) is 75.1 Å². The van der Waals surface area contributed by atoms with Crippen molar-refractivity contribution in [3.8, 4) is 11.6 Å². The van der Waals surface area contributed by atoms with Crippen LogP contribution in [0, 0.1) is 5.82 Å². The number of carbonyl (C=O) groups excluding carboxylic acids is 2. The SMILES string of the molecule is COC(=O)c1nc(-c2nnc(C(O)(c3cc(CCCOS(C)(C)C(C)(C)C)ccc3F)C(F)(F)F)o2)c(NC(=O)OC(C)(C)C)cc1C(F)(F)F. The normalized spacial score (nSPS) is 14.5. The fraction of sp³-hybridized carbons (Fsp3) is 0.531. The van der Waals surface area contributed by atoms with E-state index in [1.807, 2.05) is 38.6 Å². The molecule has 3 aromatic rings. The molecule has 0 aliphatic heterocycles. The van der Waals surface area contributed by atoms with Crippen molar-refractivity contribution >= 4 is 28.1 Å². The van der Waals surface area contributed by atoms with Crippen LogP contribution in [0.2, 0.25) is 0 Å². The zero-order valence-electron chi connectivity index (χ0n) is 29.2. The molecule has 51 heavy (non-hydrogen) atoms. The number of amides is 1. The highest BCUT2D eigenvalue weighted by atomic mass is 32.3. The second kappa shape index (κ2) is 14.6. The number of hydrogen-bond donors (Lipinski definition) is 2. The fourth-order valence-corrected chi connectivity index (χ4v) is 5.12. The van der Waals surface area contributed by atoms with Gasteiger partial charge < -0.3 is 23.2 Å². The number of hydrogen-bond acceptors (Lipinski definition) is 10. The number of carbonyl (C=O) groups is 2. The first-order valence-electron chi connectivity index (χ1n) is 15.1. The van der Waals surface area contributed by atoms with E-state index in [-0.39, 0.29) is 29.4 Å². The first-order chi connectivity index (χ1) is 23.1. The molecule has 3 rings (SSSR count). The number of aryl methyl sites for hydroxylation is 1. The van der Waals surface area contributed by atoms with Gasteiger partial charge in [0.1, 0.15) is 11.4 Å². The summed E-state index contributed by atoms with van der Waals surface area (Å²) in [6, 6.07) is 2.95. The summed E-state index contributed by atoms with van der Waals surface area (Å²) in [5.41, 5.74) is -11.5. The number of aliphatic hydroxyl groups is 1. The Bertz CT molecular complexity index is 1750. The highest BCUT2D eigenvalue weighted by Crippen LogP contribution is 2.53. The standard InChI is InChI=1S/C32H39F7N4O7S/c1-28(2,3)50-27(45)40-21-16-19(31(34,35)36)22(25(44)47-7)41-23(21)24-42-43-26(49-24)30(46,32(37,38)39)18-15-17(12-13-20(18)33)11-10-14-48-51(8,9)29(4,5)6/h12-13,15-16,46H,10-11,14H2,1-9H3,(H,40,45). The maximum absolute atomic E-state index is 15.2. The predicted molar refractivity (Wildman–Crippen MR) is 173 cm³/mol. The van der Waals surface area contributed by atoms with Gasteiger partial charge in [0, 0.05) is 10.3 Å². The Hall–Kier alpha value is -3.97. The van der Waals surface area contributed by atoms with E-state index in [1.165, 1.54) is 26.8 Å². The number of ether oxygens (including phenoxy) is 2. The Morgan fingerprint density at radius 3 is 2.12 bits per heavy atom. The highest BCUT2D eigenvalue weighted by Gasteiger charge is 2.61. The van der Waals surface area contributed by atoms with Gasteiger partial charge in [-0.1, -0.05) is 26.8 Å². The predicted octanol–water partition coefficient (Wildman–Crippen LogP) is 7.95. The molecule has 0 radical (unpaired) electrons. The third-order valence-corrected chi connectivity index (χ3v) is 11.3. The number of nitrogens with zero attached hydrogens (tertiary/aromatic N) is 3. The van der Waals surface area contributed by atoms with E-state index in [9.17, 15) is 41.0 Å². The summed E-state index contributed by atoms with van der Waals surface area (Å²) in [5.74, 6) is -5.87. The Labute approximate surface area is 290 Å². The average Bonchev–Trinajstić information content (AvgIpc) is 3.47. The Kier molecular flexibility index (Phi) is 11.8. The number of nitrogens with one attached hydrogen (secondary N) is 1. The topological polar surface area (TPSA) is 146 Å². The molecule has 0 fully saturated rings. The van der Waals surface area contributed by atoms with Crippen molar-refractivity contribution in [2.24, 2.45) is 0 Å². The number of anilines is 1. The molecule has 0 bridgehead atoms. The summed E-state index contributed by atoms with van der Waals surface area (Å²) in [7, 11) is -0.752. The van der Waals surface area contributed by atoms with Crippen molar-refractivity contribution in [2.45, 2.75) is 82.7 Å². The summed E-state index contributed by atoms with van der Waals surface area (Å²) in [5, 5.41) is 19.8. The van der Waals surface area contributed by atoms with Crippen LogP contribution in [-0.2, 0) is 31.9 Å². The highest BCUT2D eigenvalue weighted by molar-refractivity contribution is 8.29. The van der Waals surface area contributed by atoms with Crippen molar-refractivity contribution in [1.29, 1.82) is 0 Å². The second-order valence-corrected chi connectivity index (χ2v) is 17.5. The number of alkyl halides is 6. The van der Waals surface area contributed by atoms with Gasteiger partial charge in [-0.05, 0) is 69.9 Å². The molecule has 0 saturated heterocycles. The van der Waals surface area contributed by atoms with Crippen molar-refractivity contribution < 1.29 is 63.5 Å². The lowest BCUT2D eigenvalue weighted by Crippen LogP contribution is -2.44. The fourth-order valence-electron chi connectivity index (χ4n) is 4.23. The van der Waals surface area contributed by atoms with Gasteiger partial charge >= 0.3 is 24.4 Å². The minimum Gasteiger partial charge on any atom is -0.464 e. The number of aromatic nitrogens is 3. The molecule has 1 atom stereocenters. The van der Waals surface area contributed by atoms with Gasteiger partial charge in [0.2, 0.25) is 0 Å². The number of esters is 1. The van der Waals surface area contributed by atoms with Crippen LogP contribution in [0.1, 0.15) is 81.0 Å².